The van der Waals surface area contributed by atoms with E-state index in [0.717, 1.165) is 0 Å². The number of rotatable bonds is 8. The van der Waals surface area contributed by atoms with Crippen molar-refractivity contribution in [2.45, 2.75) is 43.8 Å². The molecule has 3 nitrogen and oxygen atoms in total. The van der Waals surface area contributed by atoms with Crippen molar-refractivity contribution in [1.82, 2.24) is 5.32 Å². The molecule has 0 fully saturated rings. The number of ether oxygens (including phenoxy) is 1. The molecule has 112 valence electrons. The van der Waals surface area contributed by atoms with Crippen molar-refractivity contribution >= 4 is 0 Å². The van der Waals surface area contributed by atoms with Crippen LogP contribution in [-0.4, -0.2) is 37.9 Å². The highest BCUT2D eigenvalue weighted by molar-refractivity contribution is 5.05. The molecular weight excluding hydrogens is 271 g/mol. The second-order valence-electron chi connectivity index (χ2n) is 4.16. The summed E-state index contributed by atoms with van der Waals surface area (Å²) in [5.41, 5.74) is -0.796. The lowest BCUT2D eigenvalue weighted by molar-refractivity contribution is -0.296. The summed E-state index contributed by atoms with van der Waals surface area (Å²) in [4.78, 5) is 0. The van der Waals surface area contributed by atoms with Gasteiger partial charge in [0.05, 0.1) is 6.07 Å². The molecule has 0 bridgehead atoms. The predicted octanol–water partition coefficient (Wildman–Crippen LogP) is 2.87. The third-order valence-electron chi connectivity index (χ3n) is 2.89. The van der Waals surface area contributed by atoms with E-state index in [0.29, 0.717) is 12.8 Å². The summed E-state index contributed by atoms with van der Waals surface area (Å²) >= 11 is 0. The van der Waals surface area contributed by atoms with Crippen LogP contribution in [0.2, 0.25) is 0 Å². The van der Waals surface area contributed by atoms with E-state index in [1.165, 1.54) is 0 Å². The molecule has 0 aliphatic rings. The van der Waals surface area contributed by atoms with E-state index in [4.69, 9.17) is 5.26 Å². The van der Waals surface area contributed by atoms with Gasteiger partial charge in [0.1, 0.15) is 12.1 Å². The summed E-state index contributed by atoms with van der Waals surface area (Å²) in [5.74, 6) is -4.84. The van der Waals surface area contributed by atoms with Crippen LogP contribution in [0, 0.1) is 11.3 Å². The van der Waals surface area contributed by atoms with Crippen molar-refractivity contribution < 1.29 is 26.7 Å². The molecule has 0 spiro atoms. The Morgan fingerprint density at radius 1 is 1.21 bits per heavy atom. The Kier molecular flexibility index (Phi) is 6.66. The smallest absolute Gasteiger partial charge is 0.375 e. The minimum Gasteiger partial charge on any atom is -0.375 e. The Morgan fingerprint density at radius 3 is 2.16 bits per heavy atom. The highest BCUT2D eigenvalue weighted by Crippen LogP contribution is 2.35. The lowest BCUT2D eigenvalue weighted by Gasteiger charge is -2.24. The first-order chi connectivity index (χ1) is 8.64. The maximum atomic E-state index is 12.5. The van der Waals surface area contributed by atoms with E-state index < -0.39 is 24.2 Å². The summed E-state index contributed by atoms with van der Waals surface area (Å²) in [6, 6.07) is 2.05. The van der Waals surface area contributed by atoms with E-state index in [-0.39, 0.29) is 13.0 Å². The maximum Gasteiger partial charge on any atom is 0.455 e. The standard InChI is InChI=1S/C11H17F5N2O/c1-3-9(7-17,18-2)5-4-6-19-8-10(12,13)11(14,15)16/h18H,3-6,8H2,1-2H3. The van der Waals surface area contributed by atoms with Crippen molar-refractivity contribution in [3.05, 3.63) is 0 Å². The van der Waals surface area contributed by atoms with E-state index in [1.807, 2.05) is 0 Å². The topological polar surface area (TPSA) is 45.0 Å². The van der Waals surface area contributed by atoms with Crippen LogP contribution in [0.15, 0.2) is 0 Å². The Morgan fingerprint density at radius 2 is 1.79 bits per heavy atom. The third-order valence-corrected chi connectivity index (χ3v) is 2.89. The highest BCUT2D eigenvalue weighted by atomic mass is 19.4. The first kappa shape index (κ1) is 18.1. The predicted molar refractivity (Wildman–Crippen MR) is 58.7 cm³/mol. The molecule has 0 amide bonds. The van der Waals surface area contributed by atoms with Gasteiger partial charge in [-0.1, -0.05) is 6.92 Å². The van der Waals surface area contributed by atoms with Gasteiger partial charge in [0.15, 0.2) is 0 Å². The Labute approximate surface area is 108 Å². The maximum absolute atomic E-state index is 12.5. The summed E-state index contributed by atoms with van der Waals surface area (Å²) in [7, 11) is 1.59. The molecule has 0 aromatic carbocycles. The lowest BCUT2D eigenvalue weighted by atomic mass is 9.92. The molecule has 0 aliphatic carbocycles. The molecule has 1 unspecified atom stereocenters. The molecule has 0 saturated carbocycles. The average Bonchev–Trinajstić information content (AvgIpc) is 2.33. The van der Waals surface area contributed by atoms with Crippen molar-refractivity contribution in [3.8, 4) is 6.07 Å². The Bertz CT molecular complexity index is 307. The molecule has 1 N–H and O–H groups in total. The lowest BCUT2D eigenvalue weighted by Crippen LogP contribution is -2.42. The fraction of sp³-hybridized carbons (Fsp3) is 0.909. The van der Waals surface area contributed by atoms with E-state index >= 15 is 0 Å². The Balaban J connectivity index is 4.05. The number of nitrogens with one attached hydrogen (secondary N) is 1. The van der Waals surface area contributed by atoms with Gasteiger partial charge in [-0.15, -0.1) is 0 Å². The van der Waals surface area contributed by atoms with Gasteiger partial charge in [-0.3, -0.25) is 0 Å². The van der Waals surface area contributed by atoms with Gasteiger partial charge in [-0.2, -0.15) is 27.2 Å². The van der Waals surface area contributed by atoms with Crippen LogP contribution in [0.25, 0.3) is 0 Å². The summed E-state index contributed by atoms with van der Waals surface area (Å²) in [6.45, 7) is -0.170. The molecular formula is C11H17F5N2O. The molecule has 0 heterocycles. The van der Waals surface area contributed by atoms with Crippen LogP contribution < -0.4 is 5.32 Å². The fourth-order valence-corrected chi connectivity index (χ4v) is 1.43. The molecule has 19 heavy (non-hydrogen) atoms. The van der Waals surface area contributed by atoms with Crippen molar-refractivity contribution in [3.63, 3.8) is 0 Å². The van der Waals surface area contributed by atoms with Gasteiger partial charge in [0, 0.05) is 6.61 Å². The SMILES string of the molecule is CCC(C#N)(CCCOCC(F)(F)C(F)(F)F)NC. The van der Waals surface area contributed by atoms with Gasteiger partial charge in [0.25, 0.3) is 0 Å². The normalized spacial score (nSPS) is 15.9. The molecule has 0 aliphatic heterocycles. The number of nitriles is 1. The molecule has 0 rings (SSSR count). The molecule has 1 atom stereocenters. The quantitative estimate of drug-likeness (QED) is 0.552. The number of hydrogen-bond acceptors (Lipinski definition) is 3. The fourth-order valence-electron chi connectivity index (χ4n) is 1.43. The van der Waals surface area contributed by atoms with Gasteiger partial charge >= 0.3 is 12.1 Å². The number of nitrogens with zero attached hydrogens (tertiary/aromatic N) is 1. The van der Waals surface area contributed by atoms with Gasteiger partial charge in [-0.25, -0.2) is 0 Å². The van der Waals surface area contributed by atoms with Crippen molar-refractivity contribution in [1.29, 1.82) is 5.26 Å². The molecule has 0 radical (unpaired) electrons. The molecule has 0 aromatic rings. The third kappa shape index (κ3) is 5.28. The van der Waals surface area contributed by atoms with E-state index in [9.17, 15) is 22.0 Å². The largest absolute Gasteiger partial charge is 0.455 e. The van der Waals surface area contributed by atoms with Crippen LogP contribution in [0.3, 0.4) is 0 Å². The number of halogens is 5. The number of hydrogen-bond donors (Lipinski definition) is 1. The zero-order valence-corrected chi connectivity index (χ0v) is 10.8. The van der Waals surface area contributed by atoms with Crippen molar-refractivity contribution in [2.75, 3.05) is 20.3 Å². The summed E-state index contributed by atoms with van der Waals surface area (Å²) < 4.78 is 64.7. The van der Waals surface area contributed by atoms with Crippen LogP contribution in [0.1, 0.15) is 26.2 Å². The highest BCUT2D eigenvalue weighted by Gasteiger charge is 2.57. The van der Waals surface area contributed by atoms with Gasteiger partial charge in [-0.05, 0) is 26.3 Å². The van der Waals surface area contributed by atoms with Gasteiger partial charge in [0.2, 0.25) is 0 Å². The van der Waals surface area contributed by atoms with Crippen LogP contribution >= 0.6 is 0 Å². The first-order valence-electron chi connectivity index (χ1n) is 5.76. The minimum absolute atomic E-state index is 0.218. The average molecular weight is 288 g/mol. The zero-order valence-electron chi connectivity index (χ0n) is 10.8. The Hall–Kier alpha value is -0.940. The summed E-state index contributed by atoms with van der Waals surface area (Å²) in [6.07, 6.45) is -4.57. The van der Waals surface area contributed by atoms with Crippen molar-refractivity contribution in [2.24, 2.45) is 0 Å². The second-order valence-corrected chi connectivity index (χ2v) is 4.16. The molecule has 0 saturated heterocycles. The van der Waals surface area contributed by atoms with Crippen LogP contribution in [0.4, 0.5) is 22.0 Å². The molecule has 8 heteroatoms. The van der Waals surface area contributed by atoms with Crippen LogP contribution in [0.5, 0.6) is 0 Å². The zero-order chi connectivity index (χ0) is 15.2. The second kappa shape index (κ2) is 7.01. The molecule has 0 aromatic heterocycles. The summed E-state index contributed by atoms with van der Waals surface area (Å²) in [5, 5.41) is 11.7. The minimum atomic E-state index is -5.60. The first-order valence-corrected chi connectivity index (χ1v) is 5.76. The monoisotopic (exact) mass is 288 g/mol. The van der Waals surface area contributed by atoms with E-state index in [2.05, 4.69) is 16.1 Å². The number of alkyl halides is 5. The van der Waals surface area contributed by atoms with Crippen LogP contribution in [-0.2, 0) is 4.74 Å². The van der Waals surface area contributed by atoms with Gasteiger partial charge < -0.3 is 10.1 Å². The van der Waals surface area contributed by atoms with E-state index in [1.54, 1.807) is 14.0 Å².